The Balaban J connectivity index is 1.79. The summed E-state index contributed by atoms with van der Waals surface area (Å²) in [5.41, 5.74) is 0.0558. The van der Waals surface area contributed by atoms with Crippen molar-refractivity contribution in [1.29, 1.82) is 5.26 Å². The Morgan fingerprint density at radius 3 is 2.58 bits per heavy atom. The largest absolute Gasteiger partial charge is 0.493 e. The molecule has 0 atom stereocenters. The Morgan fingerprint density at radius 1 is 1.18 bits per heavy atom. The summed E-state index contributed by atoms with van der Waals surface area (Å²) in [5.74, 6) is -0.802. The molecule has 5 nitrogen and oxygen atoms in total. The Morgan fingerprint density at radius 2 is 1.94 bits per heavy atom. The van der Waals surface area contributed by atoms with Crippen LogP contribution in [0.1, 0.15) is 29.3 Å². The predicted octanol–water partition coefficient (Wildman–Crippen LogP) is 5.67. The molecule has 1 aromatic heterocycles. The highest BCUT2D eigenvalue weighted by atomic mass is 19.4. The molecule has 170 valence electrons. The molecule has 0 aliphatic rings. The smallest absolute Gasteiger partial charge is 0.417 e. The van der Waals surface area contributed by atoms with Crippen LogP contribution in [-0.2, 0) is 17.4 Å². The number of ether oxygens (including phenoxy) is 1. The molecule has 0 aliphatic carbocycles. The van der Waals surface area contributed by atoms with Crippen molar-refractivity contribution in [1.82, 2.24) is 4.98 Å². The molecule has 0 saturated heterocycles. The van der Waals surface area contributed by atoms with E-state index in [1.165, 1.54) is 24.3 Å². The van der Waals surface area contributed by atoms with E-state index in [9.17, 15) is 22.4 Å². The van der Waals surface area contributed by atoms with Gasteiger partial charge in [-0.05, 0) is 49.2 Å². The fourth-order valence-corrected chi connectivity index (χ4v) is 3.22. The van der Waals surface area contributed by atoms with E-state index in [2.05, 4.69) is 10.3 Å². The van der Waals surface area contributed by atoms with Crippen molar-refractivity contribution in [2.45, 2.75) is 26.4 Å². The summed E-state index contributed by atoms with van der Waals surface area (Å²) in [5, 5.41) is 11.2. The number of carbonyl (C=O) groups is 1. The first-order valence-corrected chi connectivity index (χ1v) is 9.91. The highest BCUT2D eigenvalue weighted by Gasteiger charge is 2.34. The monoisotopic (exact) mass is 457 g/mol. The minimum atomic E-state index is -4.75. The van der Waals surface area contributed by atoms with Gasteiger partial charge in [0.05, 0.1) is 30.2 Å². The fraction of sp³-hybridized carbons (Fsp3) is 0.208. The molecule has 0 radical (unpaired) electrons. The molecular weight excluding hydrogens is 438 g/mol. The number of amides is 1. The molecule has 33 heavy (non-hydrogen) atoms. The second kappa shape index (κ2) is 9.69. The molecule has 1 heterocycles. The van der Waals surface area contributed by atoms with Crippen LogP contribution in [0.15, 0.2) is 48.7 Å². The molecule has 9 heteroatoms. The number of rotatable bonds is 6. The summed E-state index contributed by atoms with van der Waals surface area (Å²) < 4.78 is 59.6. The van der Waals surface area contributed by atoms with Gasteiger partial charge in [0, 0.05) is 29.2 Å². The van der Waals surface area contributed by atoms with Gasteiger partial charge in [0.1, 0.15) is 11.6 Å². The van der Waals surface area contributed by atoms with Crippen molar-refractivity contribution >= 4 is 11.6 Å². The van der Waals surface area contributed by atoms with Gasteiger partial charge in [-0.1, -0.05) is 12.1 Å². The van der Waals surface area contributed by atoms with Crippen LogP contribution in [0.25, 0.3) is 11.1 Å². The zero-order chi connectivity index (χ0) is 24.2. The summed E-state index contributed by atoms with van der Waals surface area (Å²) in [4.78, 5) is 16.5. The van der Waals surface area contributed by atoms with Gasteiger partial charge in [-0.15, -0.1) is 0 Å². The summed E-state index contributed by atoms with van der Waals surface area (Å²) >= 11 is 0. The van der Waals surface area contributed by atoms with E-state index >= 15 is 0 Å². The second-order valence-electron chi connectivity index (χ2n) is 7.16. The average Bonchev–Trinajstić information content (AvgIpc) is 2.75. The molecule has 0 saturated carbocycles. The van der Waals surface area contributed by atoms with Crippen molar-refractivity contribution in [3.05, 3.63) is 76.9 Å². The number of hydrogen-bond donors (Lipinski definition) is 1. The number of aryl methyl sites for hydroxylation is 1. The minimum Gasteiger partial charge on any atom is -0.493 e. The second-order valence-corrected chi connectivity index (χ2v) is 7.16. The van der Waals surface area contributed by atoms with E-state index in [1.54, 1.807) is 25.3 Å². The van der Waals surface area contributed by atoms with Gasteiger partial charge in [0.15, 0.2) is 0 Å². The highest BCUT2D eigenvalue weighted by Crippen LogP contribution is 2.34. The van der Waals surface area contributed by atoms with Crippen LogP contribution in [0.4, 0.5) is 23.2 Å². The Hall–Kier alpha value is -3.93. The molecular formula is C24H19F4N3O2. The first-order chi connectivity index (χ1) is 15.6. The first kappa shape index (κ1) is 23.7. The maximum Gasteiger partial charge on any atom is 0.417 e. The van der Waals surface area contributed by atoms with Crippen molar-refractivity contribution in [3.63, 3.8) is 0 Å². The maximum absolute atomic E-state index is 14.7. The van der Waals surface area contributed by atoms with E-state index < -0.39 is 35.4 Å². The van der Waals surface area contributed by atoms with Gasteiger partial charge in [0.2, 0.25) is 5.91 Å². The predicted molar refractivity (Wildman–Crippen MR) is 114 cm³/mol. The van der Waals surface area contributed by atoms with Crippen LogP contribution < -0.4 is 10.1 Å². The van der Waals surface area contributed by atoms with Crippen molar-refractivity contribution in [2.24, 2.45) is 0 Å². The van der Waals surface area contributed by atoms with Crippen LogP contribution in [0, 0.1) is 24.1 Å². The number of anilines is 1. The van der Waals surface area contributed by atoms with Gasteiger partial charge < -0.3 is 10.1 Å². The van der Waals surface area contributed by atoms with Crippen LogP contribution in [0.5, 0.6) is 5.75 Å². The molecule has 0 aliphatic heterocycles. The number of nitrogens with zero attached hydrogens (tertiary/aromatic N) is 2. The van der Waals surface area contributed by atoms with E-state index in [4.69, 9.17) is 10.00 Å². The highest BCUT2D eigenvalue weighted by molar-refractivity contribution is 5.92. The van der Waals surface area contributed by atoms with E-state index in [1.807, 2.05) is 6.92 Å². The molecule has 2 aromatic carbocycles. The third-order valence-corrected chi connectivity index (χ3v) is 4.75. The van der Waals surface area contributed by atoms with Crippen LogP contribution in [-0.4, -0.2) is 17.5 Å². The lowest BCUT2D eigenvalue weighted by Crippen LogP contribution is -2.16. The van der Waals surface area contributed by atoms with E-state index in [0.717, 1.165) is 11.8 Å². The summed E-state index contributed by atoms with van der Waals surface area (Å²) in [6, 6.07) is 10.3. The fourth-order valence-electron chi connectivity index (χ4n) is 3.22. The SMILES string of the molecule is CCOc1cc(C)ncc1-c1ccc(CC(=O)Nc2ccc(C#N)c(C(F)(F)F)c2)c(F)c1. The lowest BCUT2D eigenvalue weighted by molar-refractivity contribution is -0.137. The summed E-state index contributed by atoms with van der Waals surface area (Å²) in [7, 11) is 0. The van der Waals surface area contributed by atoms with Crippen LogP contribution in [0.2, 0.25) is 0 Å². The van der Waals surface area contributed by atoms with Crippen molar-refractivity contribution in [3.8, 4) is 22.9 Å². The molecule has 0 bridgehead atoms. The lowest BCUT2D eigenvalue weighted by atomic mass is 10.0. The zero-order valence-corrected chi connectivity index (χ0v) is 17.8. The quantitative estimate of drug-likeness (QED) is 0.484. The Kier molecular flexibility index (Phi) is 6.97. The number of nitriles is 1. The number of halogens is 4. The van der Waals surface area contributed by atoms with E-state index in [-0.39, 0.29) is 11.3 Å². The van der Waals surface area contributed by atoms with E-state index in [0.29, 0.717) is 29.5 Å². The lowest BCUT2D eigenvalue weighted by Gasteiger charge is -2.13. The number of hydrogen-bond acceptors (Lipinski definition) is 4. The Bertz CT molecular complexity index is 1230. The number of benzene rings is 2. The van der Waals surface area contributed by atoms with Crippen LogP contribution >= 0.6 is 0 Å². The Labute approximate surface area is 187 Å². The third-order valence-electron chi connectivity index (χ3n) is 4.75. The van der Waals surface area contributed by atoms with Gasteiger partial charge in [-0.2, -0.15) is 18.4 Å². The number of nitrogens with one attached hydrogen (secondary N) is 1. The van der Waals surface area contributed by atoms with Crippen LogP contribution in [0.3, 0.4) is 0 Å². The number of carbonyl (C=O) groups excluding carboxylic acids is 1. The molecule has 3 aromatic rings. The van der Waals surface area contributed by atoms with Gasteiger partial charge >= 0.3 is 6.18 Å². The zero-order valence-electron chi connectivity index (χ0n) is 17.8. The topological polar surface area (TPSA) is 75.0 Å². The molecule has 3 rings (SSSR count). The van der Waals surface area contributed by atoms with Crippen molar-refractivity contribution in [2.75, 3.05) is 11.9 Å². The maximum atomic E-state index is 14.7. The minimum absolute atomic E-state index is 0.0685. The standard InChI is InChI=1S/C24H19F4N3O2/c1-3-33-22-8-14(2)30-13-19(22)15-4-5-16(21(25)9-15)10-23(32)31-18-7-6-17(12-29)20(11-18)24(26,27)28/h4-9,11,13H,3,10H2,1-2H3,(H,31,32). The molecule has 0 unspecified atom stereocenters. The van der Waals surface area contributed by atoms with Gasteiger partial charge in [0.25, 0.3) is 0 Å². The third kappa shape index (κ3) is 5.66. The average molecular weight is 457 g/mol. The number of alkyl halides is 3. The molecule has 0 fully saturated rings. The van der Waals surface area contributed by atoms with Gasteiger partial charge in [-0.3, -0.25) is 9.78 Å². The molecule has 1 N–H and O–H groups in total. The normalized spacial score (nSPS) is 11.1. The van der Waals surface area contributed by atoms with Crippen molar-refractivity contribution < 1.29 is 27.1 Å². The summed E-state index contributed by atoms with van der Waals surface area (Å²) in [6.45, 7) is 4.05. The number of aromatic nitrogens is 1. The first-order valence-electron chi connectivity index (χ1n) is 9.91. The number of pyridine rings is 1. The summed E-state index contributed by atoms with van der Waals surface area (Å²) in [6.07, 6.45) is -3.57. The van der Waals surface area contributed by atoms with Gasteiger partial charge in [-0.25, -0.2) is 4.39 Å². The molecule has 0 spiro atoms. The molecule has 1 amide bonds.